The van der Waals surface area contributed by atoms with Gasteiger partial charge in [-0.05, 0) is 18.9 Å². The summed E-state index contributed by atoms with van der Waals surface area (Å²) in [6, 6.07) is 6.63. The maximum atomic E-state index is 12.4. The molecule has 3 amide bonds. The summed E-state index contributed by atoms with van der Waals surface area (Å²) < 4.78 is 0. The predicted octanol–water partition coefficient (Wildman–Crippen LogP) is 1.24. The highest BCUT2D eigenvalue weighted by Crippen LogP contribution is 2.33. The van der Waals surface area contributed by atoms with E-state index in [0.29, 0.717) is 5.56 Å². The number of urea groups is 1. The van der Waals surface area contributed by atoms with Gasteiger partial charge in [0.15, 0.2) is 0 Å². The molecule has 0 spiro atoms. The van der Waals surface area contributed by atoms with Crippen LogP contribution in [0.2, 0.25) is 0 Å². The number of aliphatic carboxylic acids is 1. The fourth-order valence-corrected chi connectivity index (χ4v) is 2.34. The number of hydrogen-bond acceptors (Lipinski definition) is 3. The lowest BCUT2D eigenvalue weighted by molar-refractivity contribution is -0.138. The Morgan fingerprint density at radius 2 is 1.90 bits per heavy atom. The predicted molar refractivity (Wildman–Crippen MR) is 71.0 cm³/mol. The van der Waals surface area contributed by atoms with Crippen LogP contribution in [0.3, 0.4) is 0 Å². The van der Waals surface area contributed by atoms with Crippen LogP contribution >= 0.6 is 0 Å². The topological polar surface area (TPSA) is 86.7 Å². The first-order valence-electron chi connectivity index (χ1n) is 6.26. The average Bonchev–Trinajstić information content (AvgIpc) is 2.63. The number of nitrogens with one attached hydrogen (secondary N) is 1. The third-order valence-corrected chi connectivity index (χ3v) is 3.55. The largest absolute Gasteiger partial charge is 0.481 e. The van der Waals surface area contributed by atoms with E-state index in [1.807, 2.05) is 19.1 Å². The Kier molecular flexibility index (Phi) is 3.48. The minimum atomic E-state index is -1.28. The van der Waals surface area contributed by atoms with Gasteiger partial charge in [0, 0.05) is 13.5 Å². The van der Waals surface area contributed by atoms with E-state index in [0.717, 1.165) is 10.5 Å². The van der Waals surface area contributed by atoms with E-state index in [4.69, 9.17) is 5.11 Å². The summed E-state index contributed by atoms with van der Waals surface area (Å²) in [5.41, 5.74) is 0.345. The van der Waals surface area contributed by atoms with Crippen LogP contribution in [0, 0.1) is 6.92 Å². The summed E-state index contributed by atoms with van der Waals surface area (Å²) in [6.45, 7) is 1.91. The lowest BCUT2D eigenvalue weighted by Crippen LogP contribution is -2.44. The molecular formula is C14H16N2O4. The van der Waals surface area contributed by atoms with Crippen LogP contribution in [0.4, 0.5) is 4.79 Å². The van der Waals surface area contributed by atoms with Gasteiger partial charge >= 0.3 is 12.0 Å². The lowest BCUT2D eigenvalue weighted by atomic mass is 9.85. The number of aryl methyl sites for hydroxylation is 1. The van der Waals surface area contributed by atoms with E-state index in [2.05, 4.69) is 5.32 Å². The van der Waals surface area contributed by atoms with E-state index in [-0.39, 0.29) is 12.8 Å². The number of carbonyl (C=O) groups is 3. The number of amides is 3. The highest BCUT2D eigenvalue weighted by atomic mass is 16.4. The van der Waals surface area contributed by atoms with Crippen LogP contribution in [0.25, 0.3) is 0 Å². The van der Waals surface area contributed by atoms with Gasteiger partial charge in [-0.2, -0.15) is 0 Å². The Labute approximate surface area is 116 Å². The molecule has 2 rings (SSSR count). The standard InChI is InChI=1S/C14H16N2O4/c1-9-3-5-10(6-4-9)14(8-7-11(17)18)12(19)16(2)13(20)15-14/h3-6H,7-8H2,1-2H3,(H,15,20)(H,17,18). The smallest absolute Gasteiger partial charge is 0.325 e. The average molecular weight is 276 g/mol. The van der Waals surface area contributed by atoms with Crippen LogP contribution in [0.5, 0.6) is 0 Å². The van der Waals surface area contributed by atoms with Gasteiger partial charge < -0.3 is 10.4 Å². The highest BCUT2D eigenvalue weighted by molar-refractivity contribution is 6.07. The molecule has 0 saturated carbocycles. The number of carbonyl (C=O) groups excluding carboxylic acids is 2. The van der Waals surface area contributed by atoms with Gasteiger partial charge in [0.1, 0.15) is 5.54 Å². The van der Waals surface area contributed by atoms with Gasteiger partial charge in [-0.3, -0.25) is 14.5 Å². The van der Waals surface area contributed by atoms with Gasteiger partial charge in [0.05, 0.1) is 0 Å². The summed E-state index contributed by atoms with van der Waals surface area (Å²) in [7, 11) is 1.38. The van der Waals surface area contributed by atoms with E-state index in [9.17, 15) is 14.4 Å². The molecule has 1 unspecified atom stereocenters. The van der Waals surface area contributed by atoms with Crippen molar-refractivity contribution in [3.63, 3.8) is 0 Å². The quantitative estimate of drug-likeness (QED) is 0.810. The van der Waals surface area contributed by atoms with Crippen LogP contribution in [0.15, 0.2) is 24.3 Å². The molecule has 1 saturated heterocycles. The first kappa shape index (κ1) is 14.0. The molecule has 6 nitrogen and oxygen atoms in total. The molecule has 106 valence electrons. The Morgan fingerprint density at radius 3 is 2.35 bits per heavy atom. The number of likely N-dealkylation sites (N-methyl/N-ethyl adjacent to an activating group) is 1. The molecule has 0 bridgehead atoms. The molecule has 1 aliphatic heterocycles. The second-order valence-electron chi connectivity index (χ2n) is 4.96. The van der Waals surface area contributed by atoms with Gasteiger partial charge in [-0.1, -0.05) is 29.8 Å². The molecular weight excluding hydrogens is 260 g/mol. The van der Waals surface area contributed by atoms with Gasteiger partial charge in [-0.15, -0.1) is 0 Å². The SMILES string of the molecule is Cc1ccc(C2(CCC(=O)O)NC(=O)N(C)C2=O)cc1. The number of rotatable bonds is 4. The number of carboxylic acid groups (broad SMARTS) is 1. The lowest BCUT2D eigenvalue weighted by Gasteiger charge is -2.26. The van der Waals surface area contributed by atoms with Crippen molar-refractivity contribution in [2.24, 2.45) is 0 Å². The van der Waals surface area contributed by atoms with Crippen LogP contribution < -0.4 is 5.32 Å². The minimum absolute atomic E-state index is 0.0281. The maximum Gasteiger partial charge on any atom is 0.325 e. The van der Waals surface area contributed by atoms with Gasteiger partial charge in [0.2, 0.25) is 0 Å². The van der Waals surface area contributed by atoms with Crippen molar-refractivity contribution in [1.29, 1.82) is 0 Å². The summed E-state index contributed by atoms with van der Waals surface area (Å²) in [6.07, 6.45) is -0.173. The van der Waals surface area contributed by atoms with Crippen molar-refractivity contribution in [3.05, 3.63) is 35.4 Å². The van der Waals surface area contributed by atoms with E-state index in [1.165, 1.54) is 7.05 Å². The summed E-state index contributed by atoms with van der Waals surface area (Å²) in [4.78, 5) is 35.9. The Bertz CT molecular complexity index is 567. The Morgan fingerprint density at radius 1 is 1.30 bits per heavy atom. The summed E-state index contributed by atoms with van der Waals surface area (Å²) in [5, 5.41) is 11.5. The molecule has 1 heterocycles. The zero-order valence-electron chi connectivity index (χ0n) is 11.3. The molecule has 0 aliphatic carbocycles. The van der Waals surface area contributed by atoms with Gasteiger partial charge in [0.25, 0.3) is 5.91 Å². The molecule has 1 aromatic carbocycles. The molecule has 0 radical (unpaired) electrons. The second-order valence-corrected chi connectivity index (χ2v) is 4.96. The molecule has 2 N–H and O–H groups in total. The molecule has 1 aliphatic rings. The van der Waals surface area contributed by atoms with Crippen molar-refractivity contribution in [3.8, 4) is 0 Å². The number of nitrogens with zero attached hydrogens (tertiary/aromatic N) is 1. The molecule has 1 aromatic rings. The van der Waals surface area contributed by atoms with Crippen molar-refractivity contribution in [1.82, 2.24) is 10.2 Å². The molecule has 0 aromatic heterocycles. The van der Waals surface area contributed by atoms with E-state index >= 15 is 0 Å². The van der Waals surface area contributed by atoms with Crippen molar-refractivity contribution >= 4 is 17.9 Å². The number of carboxylic acids is 1. The van der Waals surface area contributed by atoms with Crippen LogP contribution in [-0.4, -0.2) is 35.0 Å². The van der Waals surface area contributed by atoms with Crippen LogP contribution in [0.1, 0.15) is 24.0 Å². The molecule has 1 fully saturated rings. The summed E-state index contributed by atoms with van der Waals surface area (Å²) in [5.74, 6) is -1.43. The Hall–Kier alpha value is -2.37. The van der Waals surface area contributed by atoms with Crippen LogP contribution in [-0.2, 0) is 15.1 Å². The number of imide groups is 1. The maximum absolute atomic E-state index is 12.4. The van der Waals surface area contributed by atoms with Gasteiger partial charge in [-0.25, -0.2) is 4.79 Å². The monoisotopic (exact) mass is 276 g/mol. The first-order chi connectivity index (χ1) is 9.36. The number of hydrogen-bond donors (Lipinski definition) is 2. The highest BCUT2D eigenvalue weighted by Gasteiger charge is 2.50. The normalized spacial score (nSPS) is 22.0. The summed E-state index contributed by atoms with van der Waals surface area (Å²) >= 11 is 0. The zero-order valence-corrected chi connectivity index (χ0v) is 11.3. The van der Waals surface area contributed by atoms with Crippen molar-refractivity contribution in [2.45, 2.75) is 25.3 Å². The fourth-order valence-electron chi connectivity index (χ4n) is 2.34. The molecule has 1 atom stereocenters. The zero-order chi connectivity index (χ0) is 14.9. The van der Waals surface area contributed by atoms with E-state index < -0.39 is 23.4 Å². The third-order valence-electron chi connectivity index (χ3n) is 3.55. The number of benzene rings is 1. The van der Waals surface area contributed by atoms with Crippen molar-refractivity contribution < 1.29 is 19.5 Å². The molecule has 6 heteroatoms. The van der Waals surface area contributed by atoms with Crippen molar-refractivity contribution in [2.75, 3.05) is 7.05 Å². The first-order valence-corrected chi connectivity index (χ1v) is 6.26. The second kappa shape index (κ2) is 4.96. The fraction of sp³-hybridized carbons (Fsp3) is 0.357. The Balaban J connectivity index is 2.44. The minimum Gasteiger partial charge on any atom is -0.481 e. The van der Waals surface area contributed by atoms with E-state index in [1.54, 1.807) is 12.1 Å². The molecule has 20 heavy (non-hydrogen) atoms. The third kappa shape index (κ3) is 2.24.